The van der Waals surface area contributed by atoms with Crippen LogP contribution in [0.25, 0.3) is 6.08 Å². The van der Waals surface area contributed by atoms with Gasteiger partial charge in [-0.1, -0.05) is 23.7 Å². The van der Waals surface area contributed by atoms with Crippen LogP contribution in [0.5, 0.6) is 5.75 Å². The molecule has 1 aliphatic heterocycles. The molecule has 0 fully saturated rings. The van der Waals surface area contributed by atoms with Crippen molar-refractivity contribution in [1.82, 2.24) is 0 Å². The van der Waals surface area contributed by atoms with Crippen LogP contribution in [0, 0.1) is 0 Å². The number of fused-ring (bicyclic) bond motifs is 1. The highest BCUT2D eigenvalue weighted by molar-refractivity contribution is 9.10. The molecule has 2 aromatic carbocycles. The number of halogens is 2. The van der Waals surface area contributed by atoms with E-state index in [0.717, 1.165) is 4.47 Å². The highest BCUT2D eigenvalue weighted by Gasteiger charge is 2.19. The Morgan fingerprint density at radius 1 is 1.24 bits per heavy atom. The third kappa shape index (κ3) is 4.41. The van der Waals surface area contributed by atoms with Crippen LogP contribution < -0.4 is 10.1 Å². The molecule has 2 aromatic rings. The number of esters is 1. The smallest absolute Gasteiger partial charge is 0.338 e. The highest BCUT2D eigenvalue weighted by Crippen LogP contribution is 2.29. The fourth-order valence-corrected chi connectivity index (χ4v) is 2.80. The molecule has 3 rings (SSSR count). The Morgan fingerprint density at radius 2 is 2.04 bits per heavy atom. The van der Waals surface area contributed by atoms with Gasteiger partial charge >= 0.3 is 5.97 Å². The van der Waals surface area contributed by atoms with Gasteiger partial charge in [0.15, 0.2) is 6.61 Å². The number of carbonyl (C=O) groups excluding carboxylic acids is 2. The van der Waals surface area contributed by atoms with Gasteiger partial charge in [0, 0.05) is 15.1 Å². The summed E-state index contributed by atoms with van der Waals surface area (Å²) in [6.07, 6.45) is 1.65. The van der Waals surface area contributed by atoms with Crippen LogP contribution in [0.15, 0.2) is 52.5 Å². The molecule has 25 heavy (non-hydrogen) atoms. The summed E-state index contributed by atoms with van der Waals surface area (Å²) in [6, 6.07) is 12.3. The van der Waals surface area contributed by atoms with Crippen LogP contribution in [0.4, 0.5) is 5.69 Å². The number of para-hydroxylation sites is 1. The van der Waals surface area contributed by atoms with Crippen molar-refractivity contribution in [2.45, 2.75) is 0 Å². The number of benzene rings is 2. The maximum absolute atomic E-state index is 12.1. The van der Waals surface area contributed by atoms with Crippen molar-refractivity contribution in [2.75, 3.05) is 18.5 Å². The van der Waals surface area contributed by atoms with Gasteiger partial charge in [-0.25, -0.2) is 4.79 Å². The van der Waals surface area contributed by atoms with E-state index in [1.807, 2.05) is 6.07 Å². The Kier molecular flexibility index (Phi) is 5.40. The molecule has 0 aliphatic carbocycles. The number of carbonyl (C=O) groups is 2. The summed E-state index contributed by atoms with van der Waals surface area (Å²) in [7, 11) is 0. The van der Waals surface area contributed by atoms with Crippen molar-refractivity contribution in [3.05, 3.63) is 63.1 Å². The second-order valence-electron chi connectivity index (χ2n) is 5.24. The summed E-state index contributed by atoms with van der Waals surface area (Å²) in [4.78, 5) is 24.0. The topological polar surface area (TPSA) is 64.6 Å². The van der Waals surface area contributed by atoms with E-state index < -0.39 is 11.9 Å². The van der Waals surface area contributed by atoms with E-state index in [1.54, 1.807) is 42.5 Å². The van der Waals surface area contributed by atoms with E-state index in [9.17, 15) is 9.59 Å². The Labute approximate surface area is 157 Å². The molecule has 1 aliphatic rings. The fourth-order valence-electron chi connectivity index (χ4n) is 2.24. The number of ether oxygens (including phenoxy) is 2. The Bertz CT molecular complexity index is 866. The minimum Gasteiger partial charge on any atom is -0.488 e. The largest absolute Gasteiger partial charge is 0.488 e. The number of amides is 1. The van der Waals surface area contributed by atoms with Gasteiger partial charge in [-0.3, -0.25) is 4.79 Å². The summed E-state index contributed by atoms with van der Waals surface area (Å²) in [5, 5.41) is 3.20. The molecular weight excluding hydrogens is 410 g/mol. The molecule has 1 heterocycles. The number of rotatable bonds is 4. The van der Waals surface area contributed by atoms with Gasteiger partial charge in [0.1, 0.15) is 12.4 Å². The quantitative estimate of drug-likeness (QED) is 0.755. The monoisotopic (exact) mass is 421 g/mol. The molecule has 0 saturated carbocycles. The first-order valence-electron chi connectivity index (χ1n) is 7.37. The molecule has 5 nitrogen and oxygen atoms in total. The van der Waals surface area contributed by atoms with Gasteiger partial charge in [0.25, 0.3) is 5.91 Å². The first-order valence-corrected chi connectivity index (χ1v) is 8.54. The van der Waals surface area contributed by atoms with Crippen LogP contribution in [0.3, 0.4) is 0 Å². The molecule has 0 atom stereocenters. The molecule has 128 valence electrons. The Hall–Kier alpha value is -2.31. The van der Waals surface area contributed by atoms with E-state index in [1.165, 1.54) is 0 Å². The first-order chi connectivity index (χ1) is 12.0. The summed E-state index contributed by atoms with van der Waals surface area (Å²) < 4.78 is 11.3. The van der Waals surface area contributed by atoms with Gasteiger partial charge in [0.2, 0.25) is 0 Å². The number of anilines is 1. The normalized spacial score (nSPS) is 12.5. The van der Waals surface area contributed by atoms with Gasteiger partial charge in [-0.2, -0.15) is 0 Å². The van der Waals surface area contributed by atoms with E-state index in [4.69, 9.17) is 21.1 Å². The predicted octanol–water partition coefficient (Wildman–Crippen LogP) is 4.06. The van der Waals surface area contributed by atoms with E-state index >= 15 is 0 Å². The predicted molar refractivity (Wildman–Crippen MR) is 98.7 cm³/mol. The van der Waals surface area contributed by atoms with Crippen molar-refractivity contribution in [2.24, 2.45) is 0 Å². The third-order valence-electron chi connectivity index (χ3n) is 3.43. The van der Waals surface area contributed by atoms with Gasteiger partial charge < -0.3 is 14.8 Å². The zero-order chi connectivity index (χ0) is 17.8. The molecule has 0 unspecified atom stereocenters. The lowest BCUT2D eigenvalue weighted by Crippen LogP contribution is -2.24. The van der Waals surface area contributed by atoms with E-state index in [-0.39, 0.29) is 13.2 Å². The zero-order valence-electron chi connectivity index (χ0n) is 12.9. The molecule has 0 bridgehead atoms. The van der Waals surface area contributed by atoms with Crippen LogP contribution in [0.2, 0.25) is 5.02 Å². The average Bonchev–Trinajstić information content (AvgIpc) is 2.61. The maximum atomic E-state index is 12.1. The molecule has 0 saturated heterocycles. The number of hydrogen-bond donors (Lipinski definition) is 1. The minimum absolute atomic E-state index is 0.0827. The summed E-state index contributed by atoms with van der Waals surface area (Å²) in [5.74, 6) is -0.387. The first kappa shape index (κ1) is 17.5. The number of hydrogen-bond acceptors (Lipinski definition) is 4. The lowest BCUT2D eigenvalue weighted by molar-refractivity contribution is -0.143. The second kappa shape index (κ2) is 7.72. The van der Waals surface area contributed by atoms with Crippen molar-refractivity contribution in [3.63, 3.8) is 0 Å². The standard InChI is InChI=1S/C18H13BrClNO4/c19-14-3-1-2-4-15(14)21-17(22)10-25-18(23)12-7-11-8-13(20)5-6-16(11)24-9-12/h1-8H,9-10H2,(H,21,22). The summed E-state index contributed by atoms with van der Waals surface area (Å²) in [5.41, 5.74) is 1.62. The van der Waals surface area contributed by atoms with E-state index in [2.05, 4.69) is 21.2 Å². The van der Waals surface area contributed by atoms with E-state index in [0.29, 0.717) is 27.6 Å². The lowest BCUT2D eigenvalue weighted by Gasteiger charge is -2.17. The van der Waals surface area contributed by atoms with Crippen LogP contribution in [0.1, 0.15) is 5.56 Å². The zero-order valence-corrected chi connectivity index (χ0v) is 15.3. The van der Waals surface area contributed by atoms with Crippen LogP contribution >= 0.6 is 27.5 Å². The lowest BCUT2D eigenvalue weighted by atomic mass is 10.1. The molecule has 0 radical (unpaired) electrons. The van der Waals surface area contributed by atoms with Gasteiger partial charge in [-0.05, 0) is 52.3 Å². The molecule has 7 heteroatoms. The van der Waals surface area contributed by atoms with Gasteiger partial charge in [-0.15, -0.1) is 0 Å². The summed E-state index contributed by atoms with van der Waals surface area (Å²) in [6.45, 7) is -0.306. The Morgan fingerprint density at radius 3 is 2.84 bits per heavy atom. The minimum atomic E-state index is -0.604. The Balaban J connectivity index is 1.59. The van der Waals surface area contributed by atoms with Crippen molar-refractivity contribution >= 4 is 51.2 Å². The van der Waals surface area contributed by atoms with Crippen LogP contribution in [-0.4, -0.2) is 25.1 Å². The molecule has 0 aromatic heterocycles. The molecule has 0 spiro atoms. The molecule has 1 N–H and O–H groups in total. The molecular formula is C18H13BrClNO4. The van der Waals surface area contributed by atoms with Crippen molar-refractivity contribution < 1.29 is 19.1 Å². The highest BCUT2D eigenvalue weighted by atomic mass is 79.9. The summed E-state index contributed by atoms with van der Waals surface area (Å²) >= 11 is 9.27. The average molecular weight is 423 g/mol. The van der Waals surface area contributed by atoms with Gasteiger partial charge in [0.05, 0.1) is 11.3 Å². The fraction of sp³-hybridized carbons (Fsp3) is 0.111. The van der Waals surface area contributed by atoms with Crippen molar-refractivity contribution in [1.29, 1.82) is 0 Å². The SMILES string of the molecule is O=C(COC(=O)C1=Cc2cc(Cl)ccc2OC1)Nc1ccccc1Br. The second-order valence-corrected chi connectivity index (χ2v) is 6.54. The third-order valence-corrected chi connectivity index (χ3v) is 4.36. The maximum Gasteiger partial charge on any atom is 0.338 e. The van der Waals surface area contributed by atoms with Crippen molar-refractivity contribution in [3.8, 4) is 5.75 Å². The molecule has 1 amide bonds. The number of nitrogens with one attached hydrogen (secondary N) is 1. The van der Waals surface area contributed by atoms with Crippen LogP contribution in [-0.2, 0) is 14.3 Å².